The molecule has 2 rings (SSSR count). The zero-order valence-corrected chi connectivity index (χ0v) is 10.2. The van der Waals surface area contributed by atoms with Gasteiger partial charge in [0.25, 0.3) is 0 Å². The molecule has 0 bridgehead atoms. The zero-order chi connectivity index (χ0) is 12.6. The van der Waals surface area contributed by atoms with Gasteiger partial charge in [0, 0.05) is 5.56 Å². The SMILES string of the molecule is CC1CCC(O)(c2cccc(F)c2F)CC1C. The molecule has 0 saturated heterocycles. The van der Waals surface area contributed by atoms with Crippen LogP contribution < -0.4 is 0 Å². The van der Waals surface area contributed by atoms with Crippen molar-refractivity contribution in [3.63, 3.8) is 0 Å². The van der Waals surface area contributed by atoms with Crippen LogP contribution in [0.3, 0.4) is 0 Å². The van der Waals surface area contributed by atoms with Crippen LogP contribution in [0.5, 0.6) is 0 Å². The Hall–Kier alpha value is -0.960. The van der Waals surface area contributed by atoms with E-state index in [2.05, 4.69) is 6.92 Å². The van der Waals surface area contributed by atoms with E-state index in [1.165, 1.54) is 12.1 Å². The lowest BCUT2D eigenvalue weighted by atomic mass is 9.70. The average Bonchev–Trinajstić information content (AvgIpc) is 2.28. The maximum absolute atomic E-state index is 13.7. The predicted octanol–water partition coefficient (Wildman–Crippen LogP) is 3.61. The van der Waals surface area contributed by atoms with Crippen LogP contribution in [-0.4, -0.2) is 5.11 Å². The largest absolute Gasteiger partial charge is 0.385 e. The maximum atomic E-state index is 13.7. The molecule has 1 aliphatic carbocycles. The number of hydrogen-bond donors (Lipinski definition) is 1. The van der Waals surface area contributed by atoms with Gasteiger partial charge in [0.05, 0.1) is 5.60 Å². The number of aliphatic hydroxyl groups is 1. The zero-order valence-electron chi connectivity index (χ0n) is 10.2. The second-order valence-corrected chi connectivity index (χ2v) is 5.33. The van der Waals surface area contributed by atoms with Crippen molar-refractivity contribution in [2.75, 3.05) is 0 Å². The second kappa shape index (κ2) is 4.37. The van der Waals surface area contributed by atoms with Gasteiger partial charge in [0.15, 0.2) is 11.6 Å². The molecule has 17 heavy (non-hydrogen) atoms. The Kier molecular flexibility index (Phi) is 3.21. The molecule has 0 aromatic heterocycles. The smallest absolute Gasteiger partial charge is 0.164 e. The highest BCUT2D eigenvalue weighted by Crippen LogP contribution is 2.43. The van der Waals surface area contributed by atoms with Gasteiger partial charge < -0.3 is 5.11 Å². The Morgan fingerprint density at radius 2 is 1.94 bits per heavy atom. The van der Waals surface area contributed by atoms with Crippen LogP contribution in [0.1, 0.15) is 38.7 Å². The third kappa shape index (κ3) is 2.21. The lowest BCUT2D eigenvalue weighted by Gasteiger charge is -2.39. The Morgan fingerprint density at radius 1 is 1.24 bits per heavy atom. The Labute approximate surface area is 100 Å². The molecule has 3 atom stereocenters. The number of rotatable bonds is 1. The first-order chi connectivity index (χ1) is 7.94. The van der Waals surface area contributed by atoms with Gasteiger partial charge in [-0.2, -0.15) is 0 Å². The van der Waals surface area contributed by atoms with E-state index in [0.717, 1.165) is 12.5 Å². The molecular formula is C14H18F2O. The minimum atomic E-state index is -1.21. The summed E-state index contributed by atoms with van der Waals surface area (Å²) in [5.41, 5.74) is -1.10. The second-order valence-electron chi connectivity index (χ2n) is 5.33. The summed E-state index contributed by atoms with van der Waals surface area (Å²) >= 11 is 0. The minimum absolute atomic E-state index is 0.108. The molecule has 1 fully saturated rings. The minimum Gasteiger partial charge on any atom is -0.385 e. The lowest BCUT2D eigenvalue weighted by Crippen LogP contribution is -2.36. The van der Waals surface area contributed by atoms with Crippen LogP contribution in [0.2, 0.25) is 0 Å². The first-order valence-corrected chi connectivity index (χ1v) is 6.11. The summed E-state index contributed by atoms with van der Waals surface area (Å²) in [4.78, 5) is 0. The normalized spacial score (nSPS) is 33.7. The molecule has 0 aliphatic heterocycles. The highest BCUT2D eigenvalue weighted by Gasteiger charge is 2.39. The van der Waals surface area contributed by atoms with Crippen LogP contribution in [-0.2, 0) is 5.60 Å². The first kappa shape index (κ1) is 12.5. The Bertz CT molecular complexity index is 419. The topological polar surface area (TPSA) is 20.2 Å². The summed E-state index contributed by atoms with van der Waals surface area (Å²) in [7, 11) is 0. The van der Waals surface area contributed by atoms with Gasteiger partial charge in [-0.05, 0) is 37.2 Å². The molecule has 0 amide bonds. The van der Waals surface area contributed by atoms with Crippen molar-refractivity contribution in [3.05, 3.63) is 35.4 Å². The lowest BCUT2D eigenvalue weighted by molar-refractivity contribution is -0.0366. The van der Waals surface area contributed by atoms with E-state index >= 15 is 0 Å². The molecule has 94 valence electrons. The van der Waals surface area contributed by atoms with Gasteiger partial charge in [-0.1, -0.05) is 26.0 Å². The number of hydrogen-bond acceptors (Lipinski definition) is 1. The number of halogens is 2. The highest BCUT2D eigenvalue weighted by atomic mass is 19.2. The van der Waals surface area contributed by atoms with Gasteiger partial charge in [-0.25, -0.2) is 8.78 Å². The fraction of sp³-hybridized carbons (Fsp3) is 0.571. The fourth-order valence-electron chi connectivity index (χ4n) is 2.69. The van der Waals surface area contributed by atoms with E-state index in [4.69, 9.17) is 0 Å². The van der Waals surface area contributed by atoms with Crippen molar-refractivity contribution in [3.8, 4) is 0 Å². The van der Waals surface area contributed by atoms with Crippen LogP contribution in [0.25, 0.3) is 0 Å². The molecular weight excluding hydrogens is 222 g/mol. The van der Waals surface area contributed by atoms with Gasteiger partial charge >= 0.3 is 0 Å². The third-order valence-corrected chi connectivity index (χ3v) is 4.10. The molecule has 0 heterocycles. The van der Waals surface area contributed by atoms with E-state index in [1.807, 2.05) is 6.92 Å². The van der Waals surface area contributed by atoms with Gasteiger partial charge in [0.2, 0.25) is 0 Å². The van der Waals surface area contributed by atoms with Crippen molar-refractivity contribution in [1.82, 2.24) is 0 Å². The molecule has 1 aromatic carbocycles. The molecule has 1 nitrogen and oxygen atoms in total. The highest BCUT2D eigenvalue weighted by molar-refractivity contribution is 5.26. The summed E-state index contributed by atoms with van der Waals surface area (Å²) in [5.74, 6) is -0.956. The van der Waals surface area contributed by atoms with Crippen molar-refractivity contribution in [1.29, 1.82) is 0 Å². The Balaban J connectivity index is 2.35. The molecule has 0 spiro atoms. The van der Waals surface area contributed by atoms with Crippen molar-refractivity contribution in [2.24, 2.45) is 11.8 Å². The molecule has 1 saturated carbocycles. The standard InChI is InChI=1S/C14H18F2O/c1-9-6-7-14(17,8-10(9)2)11-4-3-5-12(15)13(11)16/h3-5,9-10,17H,6-8H2,1-2H3. The summed E-state index contributed by atoms with van der Waals surface area (Å²) < 4.78 is 26.9. The van der Waals surface area contributed by atoms with Gasteiger partial charge in [-0.15, -0.1) is 0 Å². The molecule has 1 aliphatic rings. The first-order valence-electron chi connectivity index (χ1n) is 6.11. The summed E-state index contributed by atoms with van der Waals surface area (Å²) in [6.07, 6.45) is 1.83. The molecule has 3 heteroatoms. The quantitative estimate of drug-likeness (QED) is 0.795. The van der Waals surface area contributed by atoms with Crippen LogP contribution in [0.15, 0.2) is 18.2 Å². The van der Waals surface area contributed by atoms with Gasteiger partial charge in [-0.3, -0.25) is 0 Å². The summed E-state index contributed by atoms with van der Waals surface area (Å²) in [6.45, 7) is 4.18. The Morgan fingerprint density at radius 3 is 2.59 bits per heavy atom. The van der Waals surface area contributed by atoms with Crippen LogP contribution >= 0.6 is 0 Å². The molecule has 1 N–H and O–H groups in total. The summed E-state index contributed by atoms with van der Waals surface area (Å²) in [6, 6.07) is 4.02. The van der Waals surface area contributed by atoms with E-state index in [0.29, 0.717) is 24.7 Å². The maximum Gasteiger partial charge on any atom is 0.164 e. The van der Waals surface area contributed by atoms with Crippen molar-refractivity contribution in [2.45, 2.75) is 38.7 Å². The van der Waals surface area contributed by atoms with Crippen LogP contribution in [0.4, 0.5) is 8.78 Å². The van der Waals surface area contributed by atoms with Gasteiger partial charge in [0.1, 0.15) is 0 Å². The average molecular weight is 240 g/mol. The fourth-order valence-corrected chi connectivity index (χ4v) is 2.69. The monoisotopic (exact) mass is 240 g/mol. The van der Waals surface area contributed by atoms with E-state index in [9.17, 15) is 13.9 Å². The predicted molar refractivity (Wildman–Crippen MR) is 62.4 cm³/mol. The van der Waals surface area contributed by atoms with E-state index in [1.54, 1.807) is 0 Å². The van der Waals surface area contributed by atoms with Crippen LogP contribution in [0, 0.1) is 23.5 Å². The summed E-state index contributed by atoms with van der Waals surface area (Å²) in [5, 5.41) is 10.5. The molecule has 3 unspecified atom stereocenters. The number of benzene rings is 1. The molecule has 0 radical (unpaired) electrons. The van der Waals surface area contributed by atoms with E-state index < -0.39 is 17.2 Å². The van der Waals surface area contributed by atoms with Crippen molar-refractivity contribution < 1.29 is 13.9 Å². The van der Waals surface area contributed by atoms with Crippen molar-refractivity contribution >= 4 is 0 Å². The van der Waals surface area contributed by atoms with E-state index in [-0.39, 0.29) is 5.56 Å². The third-order valence-electron chi connectivity index (χ3n) is 4.10. The molecule has 1 aromatic rings.